The number of carboxylic acids is 1. The highest BCUT2D eigenvalue weighted by Crippen LogP contribution is 2.21. The van der Waals surface area contributed by atoms with Crippen molar-refractivity contribution in [1.82, 2.24) is 0 Å². The zero-order chi connectivity index (χ0) is 31.5. The Morgan fingerprint density at radius 3 is 0.814 bits per heavy atom. The Morgan fingerprint density at radius 1 is 0.372 bits per heavy atom. The third-order valence-corrected chi connectivity index (χ3v) is 9.74. The van der Waals surface area contributed by atoms with Crippen molar-refractivity contribution >= 4 is 5.97 Å². The Hall–Kier alpha value is -0.570. The first-order valence-corrected chi connectivity index (χ1v) is 20.0. The maximum Gasteiger partial charge on any atom is 0.306 e. The largest absolute Gasteiger partial charge is 0.481 e. The summed E-state index contributed by atoms with van der Waals surface area (Å²) in [6.07, 6.45) is 44.4. The molecule has 2 unspecified atom stereocenters. The number of carboxylic acid groups (broad SMARTS) is 1. The fourth-order valence-electron chi connectivity index (χ4n) is 6.64. The number of hydrogen-bond donors (Lipinski definition) is 2. The van der Waals surface area contributed by atoms with Crippen molar-refractivity contribution in [2.75, 3.05) is 0 Å². The van der Waals surface area contributed by atoms with Crippen LogP contribution in [-0.4, -0.2) is 22.3 Å². The number of unbranched alkanes of at least 4 members (excludes halogenated alkanes) is 28. The molecule has 0 saturated carbocycles. The van der Waals surface area contributed by atoms with Crippen molar-refractivity contribution in [1.29, 1.82) is 0 Å². The third kappa shape index (κ3) is 34.1. The van der Waals surface area contributed by atoms with Crippen LogP contribution < -0.4 is 0 Å². The highest BCUT2D eigenvalue weighted by Gasteiger charge is 2.16. The number of aliphatic hydroxyl groups is 1. The fraction of sp³-hybridized carbons (Fsp3) is 0.975. The molecule has 0 bridgehead atoms. The van der Waals surface area contributed by atoms with Gasteiger partial charge in [0.25, 0.3) is 0 Å². The summed E-state index contributed by atoms with van der Waals surface area (Å²) >= 11 is 0. The minimum Gasteiger partial charge on any atom is -0.481 e. The molecular weight excluding hydrogens is 528 g/mol. The average molecular weight is 609 g/mol. The molecule has 0 aliphatic rings. The van der Waals surface area contributed by atoms with E-state index < -0.39 is 5.97 Å². The lowest BCUT2D eigenvalue weighted by molar-refractivity contribution is -0.142. The van der Waals surface area contributed by atoms with Crippen LogP contribution in [0, 0.1) is 5.92 Å². The van der Waals surface area contributed by atoms with Crippen molar-refractivity contribution in [2.45, 2.75) is 245 Å². The molecule has 0 radical (unpaired) electrons. The summed E-state index contributed by atoms with van der Waals surface area (Å²) in [7, 11) is 0. The van der Waals surface area contributed by atoms with Gasteiger partial charge in [-0.2, -0.15) is 0 Å². The van der Waals surface area contributed by atoms with Gasteiger partial charge in [0.1, 0.15) is 0 Å². The van der Waals surface area contributed by atoms with E-state index in [0.717, 1.165) is 51.4 Å². The van der Waals surface area contributed by atoms with Crippen LogP contribution in [0.2, 0.25) is 0 Å². The minimum absolute atomic E-state index is 0.105. The normalized spacial score (nSPS) is 13.0. The first-order valence-electron chi connectivity index (χ1n) is 20.0. The molecule has 0 rings (SSSR count). The van der Waals surface area contributed by atoms with E-state index in [9.17, 15) is 15.0 Å². The lowest BCUT2D eigenvalue weighted by Gasteiger charge is -2.12. The second kappa shape index (κ2) is 35.9. The molecule has 0 amide bonds. The van der Waals surface area contributed by atoms with Gasteiger partial charge in [-0.3, -0.25) is 4.79 Å². The maximum absolute atomic E-state index is 11.7. The van der Waals surface area contributed by atoms with Gasteiger partial charge in [-0.05, 0) is 25.7 Å². The van der Waals surface area contributed by atoms with Gasteiger partial charge >= 0.3 is 5.97 Å². The van der Waals surface area contributed by atoms with E-state index in [0.29, 0.717) is 0 Å². The molecule has 2 N–H and O–H groups in total. The van der Waals surface area contributed by atoms with Gasteiger partial charge in [-0.25, -0.2) is 0 Å². The van der Waals surface area contributed by atoms with E-state index in [1.54, 1.807) is 0 Å². The summed E-state index contributed by atoms with van der Waals surface area (Å²) in [5, 5.41) is 19.9. The van der Waals surface area contributed by atoms with Crippen LogP contribution >= 0.6 is 0 Å². The second-order valence-electron chi connectivity index (χ2n) is 14.1. The highest BCUT2D eigenvalue weighted by atomic mass is 16.4. The van der Waals surface area contributed by atoms with Crippen molar-refractivity contribution in [2.24, 2.45) is 5.92 Å². The predicted molar refractivity (Wildman–Crippen MR) is 190 cm³/mol. The Labute approximate surface area is 271 Å². The van der Waals surface area contributed by atoms with Crippen molar-refractivity contribution in [3.8, 4) is 0 Å². The van der Waals surface area contributed by atoms with E-state index in [2.05, 4.69) is 13.8 Å². The van der Waals surface area contributed by atoms with E-state index >= 15 is 0 Å². The molecule has 0 aromatic carbocycles. The monoisotopic (exact) mass is 609 g/mol. The van der Waals surface area contributed by atoms with Crippen LogP contribution in [-0.2, 0) is 4.79 Å². The summed E-state index contributed by atoms with van der Waals surface area (Å²) in [6.45, 7) is 4.55. The van der Waals surface area contributed by atoms with Crippen LogP contribution in [0.1, 0.15) is 239 Å². The van der Waals surface area contributed by atoms with Gasteiger partial charge in [0.15, 0.2) is 0 Å². The summed E-state index contributed by atoms with van der Waals surface area (Å²) in [5.41, 5.74) is 0. The number of rotatable bonds is 37. The SMILES string of the molecule is CCCCCCCCCCCCCCCCCCCCC(CCCCCCCCC(O)CCCCCCCCC)C(=O)O. The van der Waals surface area contributed by atoms with Gasteiger partial charge < -0.3 is 10.2 Å². The zero-order valence-electron chi connectivity index (χ0n) is 29.7. The zero-order valence-corrected chi connectivity index (χ0v) is 29.7. The van der Waals surface area contributed by atoms with Crippen LogP contribution in [0.15, 0.2) is 0 Å². The Kier molecular flexibility index (Phi) is 35.4. The first-order chi connectivity index (χ1) is 21.1. The van der Waals surface area contributed by atoms with Gasteiger partial charge in [0, 0.05) is 0 Å². The Balaban J connectivity index is 3.44. The summed E-state index contributed by atoms with van der Waals surface area (Å²) in [5.74, 6) is -0.718. The average Bonchev–Trinajstić information content (AvgIpc) is 3.00. The van der Waals surface area contributed by atoms with Crippen LogP contribution in [0.25, 0.3) is 0 Å². The Morgan fingerprint density at radius 2 is 0.581 bits per heavy atom. The highest BCUT2D eigenvalue weighted by molar-refractivity contribution is 5.69. The summed E-state index contributed by atoms with van der Waals surface area (Å²) in [4.78, 5) is 11.7. The molecule has 3 nitrogen and oxygen atoms in total. The van der Waals surface area contributed by atoms with E-state index in [-0.39, 0.29) is 12.0 Å². The van der Waals surface area contributed by atoms with Crippen LogP contribution in [0.4, 0.5) is 0 Å². The molecule has 2 atom stereocenters. The third-order valence-electron chi connectivity index (χ3n) is 9.74. The van der Waals surface area contributed by atoms with Crippen molar-refractivity contribution in [3.05, 3.63) is 0 Å². The summed E-state index contributed by atoms with van der Waals surface area (Å²) in [6, 6.07) is 0. The standard InChI is InChI=1S/C40H80O3/c1-3-5-7-9-11-12-13-14-15-16-17-18-19-20-21-23-26-30-34-38(40(42)43)35-31-27-24-25-29-33-37-39(41)36-32-28-22-10-8-6-4-2/h38-39,41H,3-37H2,1-2H3,(H,42,43). The quantitative estimate of drug-likeness (QED) is 0.0690. The van der Waals surface area contributed by atoms with Gasteiger partial charge in [-0.15, -0.1) is 0 Å². The first kappa shape index (κ1) is 42.4. The molecule has 43 heavy (non-hydrogen) atoms. The van der Waals surface area contributed by atoms with Gasteiger partial charge in [0.05, 0.1) is 12.0 Å². The number of aliphatic hydroxyl groups excluding tert-OH is 1. The molecule has 0 aliphatic heterocycles. The molecule has 0 aromatic heterocycles. The topological polar surface area (TPSA) is 57.5 Å². The molecule has 0 saturated heterocycles. The molecular formula is C40H80O3. The number of aliphatic carboxylic acids is 1. The summed E-state index contributed by atoms with van der Waals surface area (Å²) < 4.78 is 0. The van der Waals surface area contributed by atoms with E-state index in [4.69, 9.17) is 0 Å². The molecule has 0 fully saturated rings. The molecule has 0 heterocycles. The maximum atomic E-state index is 11.7. The molecule has 3 heteroatoms. The van der Waals surface area contributed by atoms with Crippen molar-refractivity contribution < 1.29 is 15.0 Å². The van der Waals surface area contributed by atoms with Gasteiger partial charge in [0.2, 0.25) is 0 Å². The van der Waals surface area contributed by atoms with Crippen LogP contribution in [0.5, 0.6) is 0 Å². The van der Waals surface area contributed by atoms with Crippen molar-refractivity contribution in [3.63, 3.8) is 0 Å². The lowest BCUT2D eigenvalue weighted by atomic mass is 9.94. The minimum atomic E-state index is -0.582. The second-order valence-corrected chi connectivity index (χ2v) is 14.1. The smallest absolute Gasteiger partial charge is 0.306 e. The molecule has 0 aliphatic carbocycles. The number of hydrogen-bond acceptors (Lipinski definition) is 2. The lowest BCUT2D eigenvalue weighted by Crippen LogP contribution is -2.13. The van der Waals surface area contributed by atoms with E-state index in [1.165, 1.54) is 173 Å². The van der Waals surface area contributed by atoms with E-state index in [1.807, 2.05) is 0 Å². The van der Waals surface area contributed by atoms with Gasteiger partial charge in [-0.1, -0.05) is 213 Å². The molecule has 258 valence electrons. The van der Waals surface area contributed by atoms with Crippen LogP contribution in [0.3, 0.4) is 0 Å². The molecule has 0 spiro atoms. The number of carbonyl (C=O) groups is 1. The predicted octanol–water partition coefficient (Wildman–Crippen LogP) is 13.7. The fourth-order valence-corrected chi connectivity index (χ4v) is 6.64. The molecule has 0 aromatic rings. The Bertz CT molecular complexity index is 534.